The fourth-order valence-corrected chi connectivity index (χ4v) is 5.09. The number of ether oxygens (including phenoxy) is 2. The van der Waals surface area contributed by atoms with Crippen molar-refractivity contribution in [2.45, 2.75) is 24.3 Å². The summed E-state index contributed by atoms with van der Waals surface area (Å²) in [5.41, 5.74) is -1.84. The van der Waals surface area contributed by atoms with Crippen LogP contribution < -0.4 is 0 Å². The van der Waals surface area contributed by atoms with E-state index in [9.17, 15) is 9.18 Å². The molecule has 1 saturated carbocycles. The highest BCUT2D eigenvalue weighted by atomic mass is 19.1. The maximum absolute atomic E-state index is 14.9. The third-order valence-electron chi connectivity index (χ3n) is 5.67. The van der Waals surface area contributed by atoms with Crippen molar-refractivity contribution < 1.29 is 18.7 Å². The van der Waals surface area contributed by atoms with Crippen molar-refractivity contribution in [1.82, 2.24) is 0 Å². The zero-order valence-electron chi connectivity index (χ0n) is 9.21. The Labute approximate surface area is 98.0 Å². The van der Waals surface area contributed by atoms with Crippen LogP contribution in [-0.2, 0) is 14.3 Å². The first-order valence-corrected chi connectivity index (χ1v) is 6.41. The molecule has 2 aliphatic carbocycles. The molecule has 4 fully saturated rings. The molecule has 5 aliphatic rings. The van der Waals surface area contributed by atoms with Crippen LogP contribution in [0.5, 0.6) is 0 Å². The fourth-order valence-electron chi connectivity index (χ4n) is 5.09. The van der Waals surface area contributed by atoms with Crippen LogP contribution in [0.4, 0.5) is 4.39 Å². The molecule has 0 N–H and O–H groups in total. The van der Waals surface area contributed by atoms with Crippen LogP contribution in [0.2, 0.25) is 0 Å². The maximum Gasteiger partial charge on any atom is 0.347 e. The van der Waals surface area contributed by atoms with Gasteiger partial charge < -0.3 is 9.47 Å². The molecule has 3 nitrogen and oxygen atoms in total. The Kier molecular flexibility index (Phi) is 1.30. The van der Waals surface area contributed by atoms with Crippen molar-refractivity contribution in [3.05, 3.63) is 12.2 Å². The molecule has 0 aromatic carbocycles. The number of hydrogen-bond acceptors (Lipinski definition) is 3. The summed E-state index contributed by atoms with van der Waals surface area (Å²) in [7, 11) is 0. The van der Waals surface area contributed by atoms with Crippen molar-refractivity contribution in [3.63, 3.8) is 0 Å². The van der Waals surface area contributed by atoms with Gasteiger partial charge >= 0.3 is 5.97 Å². The number of carbonyl (C=O) groups is 1. The molecule has 0 amide bonds. The van der Waals surface area contributed by atoms with E-state index in [1.165, 1.54) is 0 Å². The van der Waals surface area contributed by atoms with Gasteiger partial charge in [-0.3, -0.25) is 0 Å². The highest BCUT2D eigenvalue weighted by molar-refractivity contribution is 5.84. The summed E-state index contributed by atoms with van der Waals surface area (Å²) in [6.45, 7) is 0.209. The average molecular weight is 236 g/mol. The summed E-state index contributed by atoms with van der Waals surface area (Å²) >= 11 is 0. The third-order valence-corrected chi connectivity index (χ3v) is 5.67. The fraction of sp³-hybridized carbons (Fsp3) is 0.769. The number of rotatable bonds is 0. The summed E-state index contributed by atoms with van der Waals surface area (Å²) in [6.07, 6.45) is 4.93. The van der Waals surface area contributed by atoms with Gasteiger partial charge in [0.1, 0.15) is 12.7 Å². The van der Waals surface area contributed by atoms with Crippen LogP contribution in [-0.4, -0.2) is 30.5 Å². The van der Waals surface area contributed by atoms with Gasteiger partial charge in [-0.1, -0.05) is 12.2 Å². The minimum Gasteiger partial charge on any atom is -0.463 e. The molecule has 5 rings (SSSR count). The summed E-state index contributed by atoms with van der Waals surface area (Å²) in [5.74, 6) is 0.566. The number of carbonyl (C=O) groups excluding carboxylic acids is 1. The number of hydrogen-bond donors (Lipinski definition) is 0. The van der Waals surface area contributed by atoms with E-state index in [2.05, 4.69) is 12.2 Å². The highest BCUT2D eigenvalue weighted by Crippen LogP contribution is 2.66. The molecular weight excluding hydrogens is 223 g/mol. The van der Waals surface area contributed by atoms with Gasteiger partial charge in [0, 0.05) is 5.92 Å². The molecule has 90 valence electrons. The average Bonchev–Trinajstić information content (AvgIpc) is 3.03. The minimum absolute atomic E-state index is 0.0959. The second-order valence-electron chi connectivity index (χ2n) is 6.10. The zero-order valence-corrected chi connectivity index (χ0v) is 9.21. The van der Waals surface area contributed by atoms with E-state index >= 15 is 0 Å². The maximum atomic E-state index is 14.9. The van der Waals surface area contributed by atoms with Crippen molar-refractivity contribution in [1.29, 1.82) is 0 Å². The molecule has 3 saturated heterocycles. The van der Waals surface area contributed by atoms with Gasteiger partial charge in [-0.15, -0.1) is 0 Å². The van der Waals surface area contributed by atoms with Gasteiger partial charge in [-0.25, -0.2) is 9.18 Å². The molecule has 0 spiro atoms. The Morgan fingerprint density at radius 1 is 1.29 bits per heavy atom. The second-order valence-corrected chi connectivity index (χ2v) is 6.10. The zero-order chi connectivity index (χ0) is 11.4. The van der Waals surface area contributed by atoms with Crippen LogP contribution in [0.1, 0.15) is 6.42 Å². The number of halogens is 1. The van der Waals surface area contributed by atoms with Crippen LogP contribution >= 0.6 is 0 Å². The van der Waals surface area contributed by atoms with E-state index in [-0.39, 0.29) is 24.5 Å². The monoisotopic (exact) mass is 236 g/mol. The molecule has 3 aliphatic heterocycles. The lowest BCUT2D eigenvalue weighted by Gasteiger charge is -2.36. The molecular formula is C13H13FO3. The molecule has 8 atom stereocenters. The lowest BCUT2D eigenvalue weighted by atomic mass is 9.64. The largest absolute Gasteiger partial charge is 0.463 e. The Morgan fingerprint density at radius 2 is 2.06 bits per heavy atom. The number of alkyl halides is 1. The van der Waals surface area contributed by atoms with E-state index in [4.69, 9.17) is 9.47 Å². The lowest BCUT2D eigenvalue weighted by Crippen LogP contribution is -2.53. The van der Waals surface area contributed by atoms with Crippen molar-refractivity contribution in [2.24, 2.45) is 29.6 Å². The Balaban J connectivity index is 1.66. The first-order valence-electron chi connectivity index (χ1n) is 6.41. The smallest absolute Gasteiger partial charge is 0.347 e. The predicted molar refractivity (Wildman–Crippen MR) is 54.7 cm³/mol. The Bertz CT molecular complexity index is 460. The lowest BCUT2D eigenvalue weighted by molar-refractivity contribution is -0.153. The Hall–Kier alpha value is -0.900. The molecule has 3 heterocycles. The van der Waals surface area contributed by atoms with Gasteiger partial charge in [0.05, 0.1) is 12.0 Å². The minimum atomic E-state index is -1.84. The summed E-state index contributed by atoms with van der Waals surface area (Å²) in [6, 6.07) is 0. The van der Waals surface area contributed by atoms with Gasteiger partial charge in [0.25, 0.3) is 0 Å². The third kappa shape index (κ3) is 0.742. The van der Waals surface area contributed by atoms with Crippen molar-refractivity contribution in [3.8, 4) is 0 Å². The van der Waals surface area contributed by atoms with Crippen molar-refractivity contribution in [2.75, 3.05) is 6.61 Å². The molecule has 0 aromatic heterocycles. The quantitative estimate of drug-likeness (QED) is 0.466. The number of esters is 1. The predicted octanol–water partition coefficient (Wildman–Crippen LogP) is 1.09. The molecule has 0 radical (unpaired) electrons. The first kappa shape index (κ1) is 9.09. The second kappa shape index (κ2) is 2.44. The van der Waals surface area contributed by atoms with Gasteiger partial charge in [-0.2, -0.15) is 0 Å². The van der Waals surface area contributed by atoms with E-state index in [0.717, 1.165) is 6.42 Å². The van der Waals surface area contributed by atoms with Gasteiger partial charge in [0.2, 0.25) is 5.67 Å². The molecule has 4 bridgehead atoms. The summed E-state index contributed by atoms with van der Waals surface area (Å²) < 4.78 is 25.7. The number of fused-ring (bicyclic) bond motifs is 12. The SMILES string of the molecule is O=C1OC[C@H]2[C@@H]3O[C@@H]([C@@H]4[C@H]3[C@@H]3C=C[C@H]4C3)[C@@]12F. The van der Waals surface area contributed by atoms with Crippen LogP contribution in [0, 0.1) is 29.6 Å². The van der Waals surface area contributed by atoms with Crippen LogP contribution in [0.3, 0.4) is 0 Å². The number of cyclic esters (lactones) is 1. The van der Waals surface area contributed by atoms with Crippen LogP contribution in [0.25, 0.3) is 0 Å². The summed E-state index contributed by atoms with van der Waals surface area (Å²) in [5, 5.41) is 0. The standard InChI is InChI=1S/C13H13FO3/c14-13-7(4-16-12(13)15)10-8-5-1-2-6(3-5)9(8)11(13)17-10/h1-2,5-11H,3-4H2/t5-,6+,7+,8-,9+,10+,11+,13-/m1/s1. The van der Waals surface area contributed by atoms with Crippen molar-refractivity contribution >= 4 is 5.97 Å². The van der Waals surface area contributed by atoms with Crippen LogP contribution in [0.15, 0.2) is 12.2 Å². The van der Waals surface area contributed by atoms with E-state index in [1.54, 1.807) is 0 Å². The normalized spacial score (nSPS) is 65.2. The molecule has 17 heavy (non-hydrogen) atoms. The molecule has 0 unspecified atom stereocenters. The topological polar surface area (TPSA) is 35.5 Å². The van der Waals surface area contributed by atoms with E-state index < -0.39 is 17.7 Å². The summed E-state index contributed by atoms with van der Waals surface area (Å²) in [4.78, 5) is 11.7. The van der Waals surface area contributed by atoms with E-state index in [1.807, 2.05) is 0 Å². The van der Waals surface area contributed by atoms with Gasteiger partial charge in [-0.05, 0) is 24.2 Å². The van der Waals surface area contributed by atoms with Gasteiger partial charge in [0.15, 0.2) is 0 Å². The molecule has 0 aromatic rings. The van der Waals surface area contributed by atoms with E-state index in [0.29, 0.717) is 17.8 Å². The first-order chi connectivity index (χ1) is 8.21. The molecule has 4 heteroatoms. The Morgan fingerprint density at radius 3 is 2.88 bits per heavy atom. The number of allylic oxidation sites excluding steroid dienone is 2. The highest BCUT2D eigenvalue weighted by Gasteiger charge is 2.78.